The van der Waals surface area contributed by atoms with Crippen molar-refractivity contribution in [2.75, 3.05) is 0 Å². The number of Topliss-reactive ketones (excluding diaryl/α,β-unsaturated/α-hetero) is 1. The summed E-state index contributed by atoms with van der Waals surface area (Å²) in [4.78, 5) is 12.8. The number of phenols is 1. The van der Waals surface area contributed by atoms with Gasteiger partial charge in [0.05, 0.1) is 0 Å². The van der Waals surface area contributed by atoms with Crippen molar-refractivity contribution < 1.29 is 15.0 Å². The molecule has 0 spiro atoms. The lowest BCUT2D eigenvalue weighted by Gasteiger charge is -2.50. The zero-order chi connectivity index (χ0) is 15.5. The number of phenolic OH excluding ortho intramolecular Hbond substituents is 1. The van der Waals surface area contributed by atoms with Gasteiger partial charge in [0.15, 0.2) is 5.78 Å². The van der Waals surface area contributed by atoms with Gasteiger partial charge in [0, 0.05) is 6.42 Å². The van der Waals surface area contributed by atoms with E-state index in [0.29, 0.717) is 18.1 Å². The van der Waals surface area contributed by atoms with Crippen LogP contribution < -0.4 is 0 Å². The van der Waals surface area contributed by atoms with Crippen molar-refractivity contribution in [3.63, 3.8) is 0 Å². The first kappa shape index (κ1) is 14.3. The molecule has 0 aromatic heterocycles. The number of carbonyl (C=O) groups is 1. The summed E-state index contributed by atoms with van der Waals surface area (Å²) in [5, 5.41) is 20.9. The van der Waals surface area contributed by atoms with Crippen LogP contribution in [0, 0.1) is 17.8 Å². The second-order valence-electron chi connectivity index (χ2n) is 7.43. The Morgan fingerprint density at radius 1 is 1.27 bits per heavy atom. The van der Waals surface area contributed by atoms with Gasteiger partial charge in [0.2, 0.25) is 0 Å². The summed E-state index contributed by atoms with van der Waals surface area (Å²) >= 11 is 0. The standard InChI is InChI=1S/C19H24O3/c1-2-17-15-7-3-11-9-13(20)6-8-14(11)16(15)10-18(21)19(17,22)12-4-5-12/h6,8-9,12,15-17,20,22H,2-5,7,10H2,1H3/t15-,16+,17?,19-/m1/s1. The third-order valence-electron chi connectivity index (χ3n) is 6.36. The van der Waals surface area contributed by atoms with E-state index in [2.05, 4.69) is 6.92 Å². The van der Waals surface area contributed by atoms with Crippen molar-refractivity contribution in [2.45, 2.75) is 57.0 Å². The van der Waals surface area contributed by atoms with Crippen LogP contribution >= 0.6 is 0 Å². The number of rotatable bonds is 2. The molecule has 2 fully saturated rings. The van der Waals surface area contributed by atoms with E-state index in [0.717, 1.165) is 32.1 Å². The summed E-state index contributed by atoms with van der Waals surface area (Å²) in [6.07, 6.45) is 5.29. The molecule has 0 bridgehead atoms. The van der Waals surface area contributed by atoms with Crippen LogP contribution in [0.4, 0.5) is 0 Å². The Kier molecular flexibility index (Phi) is 3.12. The van der Waals surface area contributed by atoms with E-state index >= 15 is 0 Å². The topological polar surface area (TPSA) is 57.5 Å². The molecule has 2 saturated carbocycles. The quantitative estimate of drug-likeness (QED) is 0.882. The van der Waals surface area contributed by atoms with E-state index in [1.807, 2.05) is 12.1 Å². The average Bonchev–Trinajstić information content (AvgIpc) is 3.33. The number of ketones is 1. The second kappa shape index (κ2) is 4.82. The molecule has 0 aliphatic heterocycles. The van der Waals surface area contributed by atoms with Crippen LogP contribution in [0.15, 0.2) is 18.2 Å². The minimum Gasteiger partial charge on any atom is -0.508 e. The van der Waals surface area contributed by atoms with Crippen LogP contribution in [0.3, 0.4) is 0 Å². The summed E-state index contributed by atoms with van der Waals surface area (Å²) in [5.41, 5.74) is 1.34. The molecule has 4 rings (SSSR count). The molecular weight excluding hydrogens is 276 g/mol. The highest BCUT2D eigenvalue weighted by Crippen LogP contribution is 2.57. The Morgan fingerprint density at radius 3 is 2.73 bits per heavy atom. The molecule has 3 heteroatoms. The summed E-state index contributed by atoms with van der Waals surface area (Å²) in [7, 11) is 0. The number of aliphatic hydroxyl groups is 1. The SMILES string of the molecule is CCC1[C@@H]2CCc3cc(O)ccc3[C@@H]2CC(=O)[C@@]1(O)C1CC1. The molecule has 1 aromatic carbocycles. The molecule has 0 heterocycles. The number of aromatic hydroxyl groups is 1. The average molecular weight is 300 g/mol. The van der Waals surface area contributed by atoms with Gasteiger partial charge in [-0.2, -0.15) is 0 Å². The smallest absolute Gasteiger partial charge is 0.165 e. The molecule has 0 saturated heterocycles. The number of carbonyl (C=O) groups excluding carboxylic acids is 1. The van der Waals surface area contributed by atoms with Gasteiger partial charge in [0.25, 0.3) is 0 Å². The van der Waals surface area contributed by atoms with E-state index in [1.165, 1.54) is 11.1 Å². The molecule has 0 radical (unpaired) electrons. The fraction of sp³-hybridized carbons (Fsp3) is 0.632. The molecule has 1 unspecified atom stereocenters. The number of fused-ring (bicyclic) bond motifs is 3. The molecule has 22 heavy (non-hydrogen) atoms. The van der Waals surface area contributed by atoms with Crippen molar-refractivity contribution in [1.82, 2.24) is 0 Å². The summed E-state index contributed by atoms with van der Waals surface area (Å²) in [6.45, 7) is 2.11. The maximum atomic E-state index is 12.8. The lowest BCUT2D eigenvalue weighted by molar-refractivity contribution is -0.159. The zero-order valence-corrected chi connectivity index (χ0v) is 13.1. The first-order chi connectivity index (χ1) is 10.6. The second-order valence-corrected chi connectivity index (χ2v) is 7.43. The summed E-state index contributed by atoms with van der Waals surface area (Å²) in [5.74, 6) is 1.27. The lowest BCUT2D eigenvalue weighted by Crippen LogP contribution is -2.56. The van der Waals surface area contributed by atoms with Gasteiger partial charge in [0.1, 0.15) is 11.4 Å². The third kappa shape index (κ3) is 1.88. The van der Waals surface area contributed by atoms with Crippen molar-refractivity contribution in [2.24, 2.45) is 17.8 Å². The first-order valence-electron chi connectivity index (χ1n) is 8.63. The highest BCUT2D eigenvalue weighted by molar-refractivity contribution is 5.90. The summed E-state index contributed by atoms with van der Waals surface area (Å²) < 4.78 is 0. The summed E-state index contributed by atoms with van der Waals surface area (Å²) in [6, 6.07) is 5.57. The minimum atomic E-state index is -1.07. The predicted molar refractivity (Wildman–Crippen MR) is 83.7 cm³/mol. The molecule has 3 nitrogen and oxygen atoms in total. The van der Waals surface area contributed by atoms with E-state index in [9.17, 15) is 15.0 Å². The number of aryl methyl sites for hydroxylation is 1. The van der Waals surface area contributed by atoms with Gasteiger partial charge in [-0.25, -0.2) is 0 Å². The van der Waals surface area contributed by atoms with Crippen molar-refractivity contribution in [1.29, 1.82) is 0 Å². The van der Waals surface area contributed by atoms with Gasteiger partial charge >= 0.3 is 0 Å². The Bertz CT molecular complexity index is 619. The molecule has 2 N–H and O–H groups in total. The fourth-order valence-electron chi connectivity index (χ4n) is 5.23. The zero-order valence-electron chi connectivity index (χ0n) is 13.1. The molecule has 118 valence electrons. The minimum absolute atomic E-state index is 0.0593. The maximum absolute atomic E-state index is 12.8. The lowest BCUT2D eigenvalue weighted by atomic mass is 9.56. The van der Waals surface area contributed by atoms with E-state index in [4.69, 9.17) is 0 Å². The molecule has 4 atom stereocenters. The molecule has 3 aliphatic carbocycles. The van der Waals surface area contributed by atoms with Crippen LogP contribution in [0.1, 0.15) is 56.1 Å². The molecule has 0 amide bonds. The largest absolute Gasteiger partial charge is 0.508 e. The fourth-order valence-corrected chi connectivity index (χ4v) is 5.23. The third-order valence-corrected chi connectivity index (χ3v) is 6.36. The van der Waals surface area contributed by atoms with E-state index in [1.54, 1.807) is 6.07 Å². The first-order valence-corrected chi connectivity index (χ1v) is 8.63. The maximum Gasteiger partial charge on any atom is 0.165 e. The van der Waals surface area contributed by atoms with Gasteiger partial charge in [-0.3, -0.25) is 4.79 Å². The van der Waals surface area contributed by atoms with Gasteiger partial charge in [-0.1, -0.05) is 13.0 Å². The molecule has 3 aliphatic rings. The van der Waals surface area contributed by atoms with Gasteiger partial charge in [-0.15, -0.1) is 0 Å². The normalized spacial score (nSPS) is 37.5. The Balaban J connectivity index is 1.75. The molecule has 1 aromatic rings. The predicted octanol–water partition coefficient (Wildman–Crippen LogP) is 3.18. The number of hydrogen-bond donors (Lipinski definition) is 2. The Morgan fingerprint density at radius 2 is 2.05 bits per heavy atom. The molecular formula is C19H24O3. The van der Waals surface area contributed by atoms with Gasteiger partial charge in [-0.05, 0) is 79.0 Å². The van der Waals surface area contributed by atoms with Crippen LogP contribution in [-0.2, 0) is 11.2 Å². The highest BCUT2D eigenvalue weighted by Gasteiger charge is 2.60. The van der Waals surface area contributed by atoms with E-state index < -0.39 is 5.60 Å². The van der Waals surface area contributed by atoms with Crippen LogP contribution in [0.2, 0.25) is 0 Å². The highest BCUT2D eigenvalue weighted by atomic mass is 16.3. The number of hydrogen-bond acceptors (Lipinski definition) is 3. The monoisotopic (exact) mass is 300 g/mol. The van der Waals surface area contributed by atoms with Crippen molar-refractivity contribution in [3.8, 4) is 5.75 Å². The van der Waals surface area contributed by atoms with Gasteiger partial charge < -0.3 is 10.2 Å². The van der Waals surface area contributed by atoms with Crippen LogP contribution in [-0.4, -0.2) is 21.6 Å². The van der Waals surface area contributed by atoms with Crippen molar-refractivity contribution in [3.05, 3.63) is 29.3 Å². The van der Waals surface area contributed by atoms with E-state index in [-0.39, 0.29) is 23.5 Å². The van der Waals surface area contributed by atoms with Crippen molar-refractivity contribution >= 4 is 5.78 Å². The number of benzene rings is 1. The Hall–Kier alpha value is -1.35. The van der Waals surface area contributed by atoms with Crippen LogP contribution in [0.5, 0.6) is 5.75 Å². The Labute approximate surface area is 131 Å². The van der Waals surface area contributed by atoms with Crippen LogP contribution in [0.25, 0.3) is 0 Å².